The SMILES string of the molecule is N=c1cncc2occn12. The van der Waals surface area contributed by atoms with Crippen LogP contribution in [0.1, 0.15) is 0 Å². The largest absolute Gasteiger partial charge is 0.445 e. The first-order valence-corrected chi connectivity index (χ1v) is 2.82. The van der Waals surface area contributed by atoms with Crippen molar-refractivity contribution in [3.05, 3.63) is 30.3 Å². The van der Waals surface area contributed by atoms with Gasteiger partial charge >= 0.3 is 0 Å². The molecule has 0 saturated carbocycles. The number of aromatic nitrogens is 2. The molecule has 0 saturated heterocycles. The van der Waals surface area contributed by atoms with Gasteiger partial charge in [-0.1, -0.05) is 0 Å². The summed E-state index contributed by atoms with van der Waals surface area (Å²) >= 11 is 0. The summed E-state index contributed by atoms with van der Waals surface area (Å²) in [6, 6.07) is 0. The van der Waals surface area contributed by atoms with Gasteiger partial charge in [0.25, 0.3) is 0 Å². The van der Waals surface area contributed by atoms with Gasteiger partial charge < -0.3 is 4.42 Å². The molecular weight excluding hydrogens is 130 g/mol. The van der Waals surface area contributed by atoms with E-state index in [0.29, 0.717) is 11.2 Å². The van der Waals surface area contributed by atoms with Gasteiger partial charge in [-0.2, -0.15) is 0 Å². The fraction of sp³-hybridized carbons (Fsp3) is 0. The molecule has 0 aromatic carbocycles. The fourth-order valence-corrected chi connectivity index (χ4v) is 0.817. The number of nitrogens with one attached hydrogen (secondary N) is 1. The number of hydrogen-bond acceptors (Lipinski definition) is 3. The van der Waals surface area contributed by atoms with Crippen LogP contribution < -0.4 is 5.49 Å². The van der Waals surface area contributed by atoms with Crippen LogP contribution in [-0.2, 0) is 0 Å². The van der Waals surface area contributed by atoms with Crippen LogP contribution in [0.3, 0.4) is 0 Å². The Morgan fingerprint density at radius 2 is 2.40 bits per heavy atom. The predicted octanol–water partition coefficient (Wildman–Crippen LogP) is 0.407. The van der Waals surface area contributed by atoms with Gasteiger partial charge in [0, 0.05) is 6.20 Å². The van der Waals surface area contributed by atoms with E-state index in [1.54, 1.807) is 16.8 Å². The van der Waals surface area contributed by atoms with E-state index in [1.807, 2.05) is 0 Å². The molecule has 0 aliphatic carbocycles. The second-order valence-corrected chi connectivity index (χ2v) is 1.90. The van der Waals surface area contributed by atoms with E-state index in [9.17, 15) is 0 Å². The number of hydrogen-bond donors (Lipinski definition) is 1. The van der Waals surface area contributed by atoms with Crippen LogP contribution in [-0.4, -0.2) is 9.38 Å². The molecule has 1 N–H and O–H groups in total. The first-order valence-electron chi connectivity index (χ1n) is 2.82. The highest BCUT2D eigenvalue weighted by atomic mass is 16.3. The molecule has 0 unspecified atom stereocenters. The highest BCUT2D eigenvalue weighted by Gasteiger charge is 1.92. The Kier molecular flexibility index (Phi) is 0.887. The Balaban J connectivity index is 3.09. The van der Waals surface area contributed by atoms with Crippen LogP contribution in [0, 0.1) is 5.41 Å². The fourth-order valence-electron chi connectivity index (χ4n) is 0.817. The quantitative estimate of drug-likeness (QED) is 0.568. The minimum Gasteiger partial charge on any atom is -0.445 e. The van der Waals surface area contributed by atoms with Crippen molar-refractivity contribution in [2.75, 3.05) is 0 Å². The molecule has 4 nitrogen and oxygen atoms in total. The summed E-state index contributed by atoms with van der Waals surface area (Å²) in [5.41, 5.74) is 0.916. The topological polar surface area (TPSA) is 54.3 Å². The van der Waals surface area contributed by atoms with Gasteiger partial charge in [-0.25, -0.2) is 0 Å². The lowest BCUT2D eigenvalue weighted by Crippen LogP contribution is -2.09. The number of nitrogens with zero attached hydrogens (tertiary/aromatic N) is 2. The molecular formula is C6H5N3O. The summed E-state index contributed by atoms with van der Waals surface area (Å²) in [6.45, 7) is 0. The molecule has 0 fully saturated rings. The summed E-state index contributed by atoms with van der Waals surface area (Å²) in [5, 5.41) is 7.32. The Labute approximate surface area is 56.3 Å². The third-order valence-electron chi connectivity index (χ3n) is 1.28. The van der Waals surface area contributed by atoms with E-state index in [2.05, 4.69) is 4.98 Å². The molecule has 0 spiro atoms. The zero-order chi connectivity index (χ0) is 6.97. The lowest BCUT2D eigenvalue weighted by Gasteiger charge is -1.87. The van der Waals surface area contributed by atoms with Crippen molar-refractivity contribution in [1.29, 1.82) is 5.41 Å². The van der Waals surface area contributed by atoms with E-state index in [-0.39, 0.29) is 0 Å². The summed E-state index contributed by atoms with van der Waals surface area (Å²) in [7, 11) is 0. The van der Waals surface area contributed by atoms with E-state index in [0.717, 1.165) is 0 Å². The van der Waals surface area contributed by atoms with Crippen molar-refractivity contribution in [2.24, 2.45) is 0 Å². The summed E-state index contributed by atoms with van der Waals surface area (Å²) < 4.78 is 6.58. The molecule has 4 heteroatoms. The van der Waals surface area contributed by atoms with Crippen LogP contribution >= 0.6 is 0 Å². The van der Waals surface area contributed by atoms with E-state index >= 15 is 0 Å². The van der Waals surface area contributed by atoms with Crippen molar-refractivity contribution in [1.82, 2.24) is 9.38 Å². The molecule has 2 aromatic heterocycles. The standard InChI is InChI=1S/C6H5N3O/c7-5-3-8-4-6-9(5)1-2-10-6/h1-4,7H. The van der Waals surface area contributed by atoms with Crippen molar-refractivity contribution < 1.29 is 4.42 Å². The molecule has 2 rings (SSSR count). The normalized spacial score (nSPS) is 10.4. The zero-order valence-corrected chi connectivity index (χ0v) is 5.11. The monoisotopic (exact) mass is 135 g/mol. The maximum absolute atomic E-state index is 7.32. The van der Waals surface area contributed by atoms with Gasteiger partial charge in [0.15, 0.2) is 5.49 Å². The van der Waals surface area contributed by atoms with Crippen LogP contribution in [0.15, 0.2) is 29.3 Å². The minimum atomic E-state index is 0.325. The molecule has 0 atom stereocenters. The summed E-state index contributed by atoms with van der Waals surface area (Å²) in [4.78, 5) is 3.78. The van der Waals surface area contributed by atoms with Crippen LogP contribution in [0.2, 0.25) is 0 Å². The second kappa shape index (κ2) is 1.70. The van der Waals surface area contributed by atoms with Crippen LogP contribution in [0.5, 0.6) is 0 Å². The molecule has 0 radical (unpaired) electrons. The summed E-state index contributed by atoms with van der Waals surface area (Å²) in [6.07, 6.45) is 6.23. The number of oxazole rings is 1. The van der Waals surface area contributed by atoms with Gasteiger partial charge in [0.1, 0.15) is 6.26 Å². The van der Waals surface area contributed by atoms with Gasteiger partial charge in [-0.05, 0) is 0 Å². The van der Waals surface area contributed by atoms with E-state index in [1.165, 1.54) is 12.5 Å². The Hall–Kier alpha value is -1.58. The third kappa shape index (κ3) is 0.556. The average Bonchev–Trinajstić information content (AvgIpc) is 2.36. The first-order chi connectivity index (χ1) is 4.88. The molecule has 10 heavy (non-hydrogen) atoms. The Morgan fingerprint density at radius 1 is 1.50 bits per heavy atom. The molecule has 0 aliphatic heterocycles. The van der Waals surface area contributed by atoms with Crippen LogP contribution in [0.4, 0.5) is 0 Å². The van der Waals surface area contributed by atoms with Crippen molar-refractivity contribution in [3.63, 3.8) is 0 Å². The molecule has 2 aromatic rings. The maximum Gasteiger partial charge on any atom is 0.223 e. The lowest BCUT2D eigenvalue weighted by molar-refractivity contribution is 0.602. The molecule has 0 bridgehead atoms. The molecule has 0 amide bonds. The van der Waals surface area contributed by atoms with Gasteiger partial charge in [0.2, 0.25) is 5.71 Å². The first kappa shape index (κ1) is 5.22. The zero-order valence-electron chi connectivity index (χ0n) is 5.11. The Morgan fingerprint density at radius 3 is 3.20 bits per heavy atom. The maximum atomic E-state index is 7.32. The average molecular weight is 135 g/mol. The number of fused-ring (bicyclic) bond motifs is 1. The molecule has 0 aliphatic rings. The number of rotatable bonds is 0. The smallest absolute Gasteiger partial charge is 0.223 e. The molecule has 2 heterocycles. The third-order valence-corrected chi connectivity index (χ3v) is 1.28. The second-order valence-electron chi connectivity index (χ2n) is 1.90. The highest BCUT2D eigenvalue weighted by Crippen LogP contribution is 1.95. The minimum absolute atomic E-state index is 0.325. The van der Waals surface area contributed by atoms with Gasteiger partial charge in [-0.15, -0.1) is 0 Å². The lowest BCUT2D eigenvalue weighted by atomic mass is 10.7. The highest BCUT2D eigenvalue weighted by molar-refractivity contribution is 5.28. The Bertz CT molecular complexity index is 400. The van der Waals surface area contributed by atoms with E-state index in [4.69, 9.17) is 9.83 Å². The predicted molar refractivity (Wildman–Crippen MR) is 33.3 cm³/mol. The van der Waals surface area contributed by atoms with Crippen molar-refractivity contribution in [3.8, 4) is 0 Å². The summed E-state index contributed by atoms with van der Waals surface area (Å²) in [5.74, 6) is 0. The molecule has 50 valence electrons. The van der Waals surface area contributed by atoms with Gasteiger partial charge in [-0.3, -0.25) is 14.8 Å². The van der Waals surface area contributed by atoms with Gasteiger partial charge in [0.05, 0.1) is 12.4 Å². The van der Waals surface area contributed by atoms with Crippen molar-refractivity contribution >= 4 is 5.71 Å². The van der Waals surface area contributed by atoms with Crippen molar-refractivity contribution in [2.45, 2.75) is 0 Å². The van der Waals surface area contributed by atoms with E-state index < -0.39 is 0 Å². The van der Waals surface area contributed by atoms with Crippen LogP contribution in [0.25, 0.3) is 5.71 Å².